The fourth-order valence-electron chi connectivity index (χ4n) is 6.72. The van der Waals surface area contributed by atoms with E-state index in [4.69, 9.17) is 0 Å². The van der Waals surface area contributed by atoms with Gasteiger partial charge in [-0.25, -0.2) is 4.79 Å². The van der Waals surface area contributed by atoms with Crippen molar-refractivity contribution in [3.63, 3.8) is 0 Å². The van der Waals surface area contributed by atoms with Gasteiger partial charge in [-0.15, -0.1) is 0 Å². The van der Waals surface area contributed by atoms with E-state index >= 15 is 0 Å². The monoisotopic (exact) mass is 444 g/mol. The second-order valence-electron chi connectivity index (χ2n) is 11.0. The Hall–Kier alpha value is -1.79. The Balaban J connectivity index is 1.15. The number of carbonyl (C=O) groups is 3. The molecule has 1 aliphatic carbocycles. The van der Waals surface area contributed by atoms with Crippen molar-refractivity contribution >= 4 is 17.8 Å². The molecule has 5 fully saturated rings. The summed E-state index contributed by atoms with van der Waals surface area (Å²) in [6.45, 7) is 7.72. The molecular weight excluding hydrogens is 404 g/mol. The number of piperidine rings is 4. The summed E-state index contributed by atoms with van der Waals surface area (Å²) < 4.78 is 0. The van der Waals surface area contributed by atoms with Gasteiger partial charge in [-0.3, -0.25) is 9.59 Å². The van der Waals surface area contributed by atoms with Crippen LogP contribution in [0.4, 0.5) is 4.79 Å². The highest BCUT2D eigenvalue weighted by molar-refractivity contribution is 5.80. The summed E-state index contributed by atoms with van der Waals surface area (Å²) in [7, 11) is 0. The normalized spacial score (nSPS) is 30.8. The van der Waals surface area contributed by atoms with Crippen molar-refractivity contribution in [2.24, 2.45) is 23.7 Å². The highest BCUT2D eigenvalue weighted by atomic mass is 16.2. The van der Waals surface area contributed by atoms with Crippen LogP contribution in [0.15, 0.2) is 0 Å². The molecule has 4 saturated heterocycles. The minimum Gasteiger partial charge on any atom is -0.342 e. The number of fused-ring (bicyclic) bond motifs is 4. The van der Waals surface area contributed by atoms with Crippen molar-refractivity contribution in [1.29, 1.82) is 0 Å². The first-order valence-electron chi connectivity index (χ1n) is 13.2. The fourth-order valence-corrected chi connectivity index (χ4v) is 6.72. The molecule has 0 aromatic carbocycles. The zero-order chi connectivity index (χ0) is 22.2. The van der Waals surface area contributed by atoms with Crippen molar-refractivity contribution in [3.8, 4) is 0 Å². The lowest BCUT2D eigenvalue weighted by Gasteiger charge is -2.53. The second-order valence-corrected chi connectivity index (χ2v) is 11.0. The van der Waals surface area contributed by atoms with Crippen molar-refractivity contribution < 1.29 is 14.4 Å². The predicted octanol–water partition coefficient (Wildman–Crippen LogP) is 2.80. The van der Waals surface area contributed by atoms with Gasteiger partial charge in [-0.1, -0.05) is 6.92 Å². The van der Waals surface area contributed by atoms with Gasteiger partial charge in [0.15, 0.2) is 0 Å². The van der Waals surface area contributed by atoms with Gasteiger partial charge in [0.2, 0.25) is 11.8 Å². The van der Waals surface area contributed by atoms with Crippen LogP contribution in [0, 0.1) is 23.7 Å². The third kappa shape index (κ3) is 4.49. The van der Waals surface area contributed by atoms with Crippen LogP contribution < -0.4 is 0 Å². The number of nitrogens with zero attached hydrogens (tertiary/aromatic N) is 4. The largest absolute Gasteiger partial charge is 0.342 e. The summed E-state index contributed by atoms with van der Waals surface area (Å²) in [6, 6.07) is 0.493. The number of amides is 4. The van der Waals surface area contributed by atoms with E-state index in [9.17, 15) is 14.4 Å². The van der Waals surface area contributed by atoms with E-state index in [0.717, 1.165) is 77.2 Å². The standard InChI is InChI=1S/C25H40N4O3/c1-2-10-27(14-18-6-7-18)24(31)20-8-11-26(12-9-20)25(32)28-15-19-13-21(17-28)22-4-3-5-23(30)29(22)16-19/h18-22H,2-17H2,1H3/t19?,21?,22-/m1/s1. The van der Waals surface area contributed by atoms with Crippen LogP contribution in [0.1, 0.15) is 64.7 Å². The molecule has 2 unspecified atom stereocenters. The van der Waals surface area contributed by atoms with Crippen LogP contribution in [-0.4, -0.2) is 89.3 Å². The first-order valence-corrected chi connectivity index (χ1v) is 13.2. The Kier molecular flexibility index (Phi) is 6.35. The summed E-state index contributed by atoms with van der Waals surface area (Å²) in [6.07, 6.45) is 9.07. The maximum Gasteiger partial charge on any atom is 0.320 e. The van der Waals surface area contributed by atoms with Gasteiger partial charge >= 0.3 is 6.03 Å². The van der Waals surface area contributed by atoms with Crippen molar-refractivity contribution in [1.82, 2.24) is 19.6 Å². The first-order chi connectivity index (χ1) is 15.5. The number of carbonyl (C=O) groups excluding carboxylic acids is 3. The van der Waals surface area contributed by atoms with Gasteiger partial charge in [0.05, 0.1) is 0 Å². The van der Waals surface area contributed by atoms with E-state index in [2.05, 4.69) is 21.6 Å². The van der Waals surface area contributed by atoms with E-state index < -0.39 is 0 Å². The molecule has 178 valence electrons. The van der Waals surface area contributed by atoms with Gasteiger partial charge in [0, 0.05) is 64.2 Å². The van der Waals surface area contributed by atoms with Gasteiger partial charge in [-0.2, -0.15) is 0 Å². The molecule has 2 bridgehead atoms. The van der Waals surface area contributed by atoms with Crippen molar-refractivity contribution in [3.05, 3.63) is 0 Å². The number of likely N-dealkylation sites (tertiary alicyclic amines) is 2. The molecule has 0 aromatic heterocycles. The molecule has 4 aliphatic heterocycles. The fraction of sp³-hybridized carbons (Fsp3) is 0.880. The third-order valence-corrected chi connectivity index (χ3v) is 8.55. The van der Waals surface area contributed by atoms with Crippen LogP contribution in [0.3, 0.4) is 0 Å². The zero-order valence-corrected chi connectivity index (χ0v) is 19.7. The molecule has 1 saturated carbocycles. The third-order valence-electron chi connectivity index (χ3n) is 8.55. The van der Waals surface area contributed by atoms with E-state index in [0.29, 0.717) is 49.2 Å². The smallest absolute Gasteiger partial charge is 0.320 e. The molecule has 5 aliphatic rings. The van der Waals surface area contributed by atoms with Crippen molar-refractivity contribution in [2.45, 2.75) is 70.8 Å². The van der Waals surface area contributed by atoms with Gasteiger partial charge in [0.25, 0.3) is 0 Å². The molecule has 3 atom stereocenters. The van der Waals surface area contributed by atoms with E-state index in [1.807, 2.05) is 4.90 Å². The Labute approximate surface area is 192 Å². The Morgan fingerprint density at radius 1 is 1.00 bits per heavy atom. The summed E-state index contributed by atoms with van der Waals surface area (Å²) in [4.78, 5) is 47.1. The van der Waals surface area contributed by atoms with Crippen LogP contribution in [0.5, 0.6) is 0 Å². The van der Waals surface area contributed by atoms with Crippen LogP contribution in [0.2, 0.25) is 0 Å². The van der Waals surface area contributed by atoms with E-state index in [-0.39, 0.29) is 11.9 Å². The molecule has 0 aromatic rings. The molecule has 7 nitrogen and oxygen atoms in total. The summed E-state index contributed by atoms with van der Waals surface area (Å²) in [5.74, 6) is 2.29. The lowest BCUT2D eigenvalue weighted by atomic mass is 9.76. The number of hydrogen-bond donors (Lipinski definition) is 0. The molecule has 4 heterocycles. The van der Waals surface area contributed by atoms with Crippen LogP contribution >= 0.6 is 0 Å². The highest BCUT2D eigenvalue weighted by Gasteiger charge is 2.45. The minimum absolute atomic E-state index is 0.0758. The Morgan fingerprint density at radius 3 is 2.50 bits per heavy atom. The molecule has 32 heavy (non-hydrogen) atoms. The number of urea groups is 1. The minimum atomic E-state index is 0.0758. The maximum atomic E-state index is 13.4. The van der Waals surface area contributed by atoms with E-state index in [1.165, 1.54) is 12.8 Å². The molecule has 0 N–H and O–H groups in total. The molecule has 7 heteroatoms. The highest BCUT2D eigenvalue weighted by Crippen LogP contribution is 2.38. The summed E-state index contributed by atoms with van der Waals surface area (Å²) in [5, 5.41) is 0. The molecule has 0 radical (unpaired) electrons. The lowest BCUT2D eigenvalue weighted by Crippen LogP contribution is -2.62. The Morgan fingerprint density at radius 2 is 1.78 bits per heavy atom. The number of rotatable bonds is 5. The predicted molar refractivity (Wildman–Crippen MR) is 122 cm³/mol. The van der Waals surface area contributed by atoms with Gasteiger partial charge in [0.1, 0.15) is 0 Å². The summed E-state index contributed by atoms with van der Waals surface area (Å²) >= 11 is 0. The van der Waals surface area contributed by atoms with Crippen molar-refractivity contribution in [2.75, 3.05) is 45.8 Å². The first kappa shape index (κ1) is 22.0. The quantitative estimate of drug-likeness (QED) is 0.655. The average molecular weight is 445 g/mol. The van der Waals surface area contributed by atoms with Gasteiger partial charge in [-0.05, 0) is 69.1 Å². The Bertz CT molecular complexity index is 731. The molecule has 0 spiro atoms. The van der Waals surface area contributed by atoms with Gasteiger partial charge < -0.3 is 19.6 Å². The zero-order valence-electron chi connectivity index (χ0n) is 19.7. The van der Waals surface area contributed by atoms with E-state index in [1.54, 1.807) is 0 Å². The molecule has 4 amide bonds. The van der Waals surface area contributed by atoms with Crippen LogP contribution in [0.25, 0.3) is 0 Å². The second kappa shape index (κ2) is 9.22. The SMILES string of the molecule is CCCN(CC1CC1)C(=O)C1CCN(C(=O)N2CC3CC(C2)[C@H]2CCCC(=O)N2C3)CC1. The molecular formula is C25H40N4O3. The summed E-state index contributed by atoms with van der Waals surface area (Å²) in [5.41, 5.74) is 0. The lowest BCUT2D eigenvalue weighted by molar-refractivity contribution is -0.144. The number of hydrogen-bond acceptors (Lipinski definition) is 3. The maximum absolute atomic E-state index is 13.4. The molecule has 5 rings (SSSR count). The van der Waals surface area contributed by atoms with Crippen LogP contribution in [-0.2, 0) is 9.59 Å². The average Bonchev–Trinajstić information content (AvgIpc) is 3.63. The topological polar surface area (TPSA) is 64.2 Å².